The number of carboxylic acids is 1. The molecule has 0 aliphatic rings. The van der Waals surface area contributed by atoms with Crippen molar-refractivity contribution in [2.24, 2.45) is 11.8 Å². The van der Waals surface area contributed by atoms with E-state index >= 15 is 0 Å². The number of ether oxygens (including phenoxy) is 2. The fraction of sp³-hybridized carbons (Fsp3) is 0.500. The Bertz CT molecular complexity index is 421. The van der Waals surface area contributed by atoms with Gasteiger partial charge >= 0.3 is 5.97 Å². The first-order chi connectivity index (χ1) is 8.90. The van der Waals surface area contributed by atoms with Crippen molar-refractivity contribution in [1.29, 1.82) is 0 Å². The molecule has 5 nitrogen and oxygen atoms in total. The summed E-state index contributed by atoms with van der Waals surface area (Å²) in [4.78, 5) is 11.0. The lowest BCUT2D eigenvalue weighted by molar-refractivity contribution is -0.144. The molecule has 0 fully saturated rings. The van der Waals surface area contributed by atoms with Gasteiger partial charge in [0, 0.05) is 6.07 Å². The summed E-state index contributed by atoms with van der Waals surface area (Å²) in [7, 11) is 3.04. The molecule has 0 radical (unpaired) electrons. The Morgan fingerprint density at radius 3 is 1.95 bits per heavy atom. The third-order valence-corrected chi connectivity index (χ3v) is 3.39. The maximum absolute atomic E-state index is 11.0. The molecule has 0 saturated carbocycles. The molecule has 0 heterocycles. The Morgan fingerprint density at radius 2 is 1.58 bits per heavy atom. The van der Waals surface area contributed by atoms with Gasteiger partial charge in [-0.2, -0.15) is 0 Å². The van der Waals surface area contributed by atoms with Crippen LogP contribution in [0.4, 0.5) is 0 Å². The van der Waals surface area contributed by atoms with E-state index in [9.17, 15) is 9.90 Å². The second-order valence-corrected chi connectivity index (χ2v) is 4.58. The Hall–Kier alpha value is -1.75. The monoisotopic (exact) mass is 268 g/mol. The average Bonchev–Trinajstić information content (AvgIpc) is 2.43. The van der Waals surface area contributed by atoms with Crippen molar-refractivity contribution >= 4 is 5.97 Å². The zero-order valence-electron chi connectivity index (χ0n) is 11.6. The molecule has 0 spiro atoms. The number of carbonyl (C=O) groups is 1. The molecular formula is C14H20O5. The van der Waals surface area contributed by atoms with E-state index in [4.69, 9.17) is 14.6 Å². The van der Waals surface area contributed by atoms with Crippen molar-refractivity contribution in [2.45, 2.75) is 20.0 Å². The van der Waals surface area contributed by atoms with Crippen molar-refractivity contribution in [3.8, 4) is 11.5 Å². The molecule has 1 aromatic rings. The van der Waals surface area contributed by atoms with Gasteiger partial charge in [-0.3, -0.25) is 4.79 Å². The first-order valence-corrected chi connectivity index (χ1v) is 6.04. The number of rotatable bonds is 6. The molecule has 0 aromatic heterocycles. The molecule has 19 heavy (non-hydrogen) atoms. The minimum atomic E-state index is -0.929. The van der Waals surface area contributed by atoms with Crippen molar-refractivity contribution in [3.63, 3.8) is 0 Å². The number of aliphatic carboxylic acids is 1. The molecule has 0 amide bonds. The lowest BCUT2D eigenvalue weighted by atomic mass is 9.87. The summed E-state index contributed by atoms with van der Waals surface area (Å²) in [5.41, 5.74) is 0.580. The van der Waals surface area contributed by atoms with Gasteiger partial charge in [0.05, 0.1) is 26.2 Å². The molecule has 3 unspecified atom stereocenters. The Balaban J connectivity index is 3.04. The van der Waals surface area contributed by atoms with Gasteiger partial charge in [0.2, 0.25) is 0 Å². The number of hydrogen-bond acceptors (Lipinski definition) is 4. The minimum Gasteiger partial charge on any atom is -0.497 e. The average molecular weight is 268 g/mol. The van der Waals surface area contributed by atoms with E-state index in [0.29, 0.717) is 17.1 Å². The quantitative estimate of drug-likeness (QED) is 0.826. The van der Waals surface area contributed by atoms with Crippen LogP contribution in [0.25, 0.3) is 0 Å². The van der Waals surface area contributed by atoms with Crippen LogP contribution < -0.4 is 9.47 Å². The van der Waals surface area contributed by atoms with E-state index in [1.165, 1.54) is 14.2 Å². The number of aliphatic hydroxyl groups is 1. The van der Waals surface area contributed by atoms with Crippen LogP contribution in [0.2, 0.25) is 0 Å². The first-order valence-electron chi connectivity index (χ1n) is 6.04. The van der Waals surface area contributed by atoms with E-state index in [0.717, 1.165) is 0 Å². The highest BCUT2D eigenvalue weighted by atomic mass is 16.5. The molecule has 1 aromatic carbocycles. The van der Waals surface area contributed by atoms with E-state index < -0.39 is 23.9 Å². The van der Waals surface area contributed by atoms with Crippen LogP contribution in [0, 0.1) is 11.8 Å². The van der Waals surface area contributed by atoms with Gasteiger partial charge in [-0.1, -0.05) is 13.8 Å². The van der Waals surface area contributed by atoms with Crippen molar-refractivity contribution in [2.75, 3.05) is 14.2 Å². The van der Waals surface area contributed by atoms with Crippen LogP contribution in [0.3, 0.4) is 0 Å². The highest BCUT2D eigenvalue weighted by Gasteiger charge is 2.27. The van der Waals surface area contributed by atoms with E-state index in [1.807, 2.05) is 0 Å². The zero-order chi connectivity index (χ0) is 14.6. The van der Waals surface area contributed by atoms with Gasteiger partial charge in [0.15, 0.2) is 0 Å². The predicted molar refractivity (Wildman–Crippen MR) is 70.5 cm³/mol. The number of carboxylic acid groups (broad SMARTS) is 1. The molecule has 0 aliphatic heterocycles. The van der Waals surface area contributed by atoms with Gasteiger partial charge in [0.25, 0.3) is 0 Å². The van der Waals surface area contributed by atoms with Crippen LogP contribution in [0.15, 0.2) is 18.2 Å². The molecule has 106 valence electrons. The molecule has 1 rings (SSSR count). The van der Waals surface area contributed by atoms with Gasteiger partial charge in [0.1, 0.15) is 11.5 Å². The highest BCUT2D eigenvalue weighted by Crippen LogP contribution is 2.32. The minimum absolute atomic E-state index is 0.422. The third-order valence-electron chi connectivity index (χ3n) is 3.39. The number of aliphatic hydroxyl groups excluding tert-OH is 1. The van der Waals surface area contributed by atoms with E-state index in [2.05, 4.69) is 0 Å². The smallest absolute Gasteiger partial charge is 0.306 e. The Kier molecular flexibility index (Phi) is 5.18. The second kappa shape index (κ2) is 6.43. The van der Waals surface area contributed by atoms with Crippen molar-refractivity contribution < 1.29 is 24.5 Å². The van der Waals surface area contributed by atoms with Crippen LogP contribution in [0.1, 0.15) is 25.5 Å². The normalized spacial score (nSPS) is 15.4. The van der Waals surface area contributed by atoms with Gasteiger partial charge in [-0.25, -0.2) is 0 Å². The SMILES string of the molecule is COc1cc(OC)cc(C(O)C(C)C(C)C(=O)O)c1. The molecular weight excluding hydrogens is 248 g/mol. The fourth-order valence-corrected chi connectivity index (χ4v) is 1.80. The van der Waals surface area contributed by atoms with E-state index in [-0.39, 0.29) is 0 Å². The summed E-state index contributed by atoms with van der Waals surface area (Å²) in [5, 5.41) is 19.3. The maximum Gasteiger partial charge on any atom is 0.306 e. The predicted octanol–water partition coefficient (Wildman–Crippen LogP) is 2.09. The molecule has 3 atom stereocenters. The maximum atomic E-state index is 11.0. The standard InChI is InChI=1S/C14H20O5/c1-8(9(2)14(16)17)13(15)10-5-11(18-3)7-12(6-10)19-4/h5-9,13,15H,1-4H3,(H,16,17). The summed E-state index contributed by atoms with van der Waals surface area (Å²) in [5.74, 6) is -0.880. The number of benzene rings is 1. The summed E-state index contributed by atoms with van der Waals surface area (Å²) in [6.07, 6.45) is -0.893. The highest BCUT2D eigenvalue weighted by molar-refractivity contribution is 5.70. The topological polar surface area (TPSA) is 76.0 Å². The van der Waals surface area contributed by atoms with E-state index in [1.54, 1.807) is 32.0 Å². The molecule has 0 saturated heterocycles. The molecule has 2 N–H and O–H groups in total. The van der Waals surface area contributed by atoms with Crippen LogP contribution in [0.5, 0.6) is 11.5 Å². The second-order valence-electron chi connectivity index (χ2n) is 4.58. The van der Waals surface area contributed by atoms with Crippen LogP contribution in [-0.2, 0) is 4.79 Å². The summed E-state index contributed by atoms with van der Waals surface area (Å²) in [6.45, 7) is 3.28. The first kappa shape index (κ1) is 15.3. The summed E-state index contributed by atoms with van der Waals surface area (Å²) < 4.78 is 10.3. The molecule has 0 aliphatic carbocycles. The largest absolute Gasteiger partial charge is 0.497 e. The lowest BCUT2D eigenvalue weighted by Gasteiger charge is -2.23. The van der Waals surface area contributed by atoms with Crippen LogP contribution in [-0.4, -0.2) is 30.4 Å². The third kappa shape index (κ3) is 3.61. The Labute approximate surface area is 112 Å². The van der Waals surface area contributed by atoms with Crippen LogP contribution >= 0.6 is 0 Å². The summed E-state index contributed by atoms with van der Waals surface area (Å²) >= 11 is 0. The van der Waals surface area contributed by atoms with Crippen molar-refractivity contribution in [1.82, 2.24) is 0 Å². The number of hydrogen-bond donors (Lipinski definition) is 2. The number of methoxy groups -OCH3 is 2. The van der Waals surface area contributed by atoms with Gasteiger partial charge in [-0.15, -0.1) is 0 Å². The summed E-state index contributed by atoms with van der Waals surface area (Å²) in [6, 6.07) is 5.05. The zero-order valence-corrected chi connectivity index (χ0v) is 11.6. The van der Waals surface area contributed by atoms with Gasteiger partial charge < -0.3 is 19.7 Å². The van der Waals surface area contributed by atoms with Gasteiger partial charge in [-0.05, 0) is 23.6 Å². The Morgan fingerprint density at radius 1 is 1.11 bits per heavy atom. The van der Waals surface area contributed by atoms with Crippen molar-refractivity contribution in [3.05, 3.63) is 23.8 Å². The lowest BCUT2D eigenvalue weighted by Crippen LogP contribution is -2.23. The molecule has 5 heteroatoms. The molecule has 0 bridgehead atoms. The fourth-order valence-electron chi connectivity index (χ4n) is 1.80.